The first kappa shape index (κ1) is 18.8. The molecule has 2 aliphatic heterocycles. The lowest BCUT2D eigenvalue weighted by Crippen LogP contribution is -2.47. The topological polar surface area (TPSA) is 105 Å². The molecule has 0 saturated carbocycles. The van der Waals surface area contributed by atoms with Crippen LogP contribution in [0.1, 0.15) is 10.4 Å². The van der Waals surface area contributed by atoms with Gasteiger partial charge in [-0.25, -0.2) is 13.2 Å². The first-order valence-corrected chi connectivity index (χ1v) is 9.78. The highest BCUT2D eigenvalue weighted by Crippen LogP contribution is 2.17. The van der Waals surface area contributed by atoms with Gasteiger partial charge in [-0.15, -0.1) is 0 Å². The van der Waals surface area contributed by atoms with Crippen molar-refractivity contribution in [3.05, 3.63) is 29.8 Å². The number of sulfonamides is 1. The van der Waals surface area contributed by atoms with E-state index in [9.17, 15) is 18.0 Å². The first-order chi connectivity index (χ1) is 12.5. The van der Waals surface area contributed by atoms with E-state index >= 15 is 0 Å². The number of amides is 3. The third-order valence-electron chi connectivity index (χ3n) is 4.24. The number of ether oxygens (including phenoxy) is 2. The standard InChI is InChI=1S/C16H21N3O6S/c20-15(17-16(21)18-5-9-24-10-6-18)13-1-3-14(4-2-13)26(22,23)19-7-11-25-12-8-19/h1-4H,5-12H2,(H,17,20,21). The molecule has 26 heavy (non-hydrogen) atoms. The minimum absolute atomic E-state index is 0.107. The maximum Gasteiger partial charge on any atom is 0.324 e. The Bertz CT molecular complexity index is 753. The number of hydrogen-bond acceptors (Lipinski definition) is 6. The van der Waals surface area contributed by atoms with Gasteiger partial charge in [0.1, 0.15) is 0 Å². The summed E-state index contributed by atoms with van der Waals surface area (Å²) < 4.78 is 36.8. The lowest BCUT2D eigenvalue weighted by Gasteiger charge is -2.26. The van der Waals surface area contributed by atoms with Crippen LogP contribution in [-0.2, 0) is 19.5 Å². The highest BCUT2D eigenvalue weighted by atomic mass is 32.2. The Morgan fingerprint density at radius 2 is 1.42 bits per heavy atom. The number of rotatable bonds is 3. The number of carbonyl (C=O) groups is 2. The summed E-state index contributed by atoms with van der Waals surface area (Å²) in [6, 6.07) is 5.06. The molecule has 3 amide bonds. The van der Waals surface area contributed by atoms with Crippen LogP contribution in [0.3, 0.4) is 0 Å². The minimum atomic E-state index is -3.61. The molecule has 0 atom stereocenters. The van der Waals surface area contributed by atoms with Gasteiger partial charge in [0, 0.05) is 31.7 Å². The third-order valence-corrected chi connectivity index (χ3v) is 6.16. The Labute approximate surface area is 151 Å². The normalized spacial score (nSPS) is 19.2. The van der Waals surface area contributed by atoms with Gasteiger partial charge >= 0.3 is 6.03 Å². The fourth-order valence-corrected chi connectivity index (χ4v) is 4.14. The van der Waals surface area contributed by atoms with Crippen LogP contribution in [0.5, 0.6) is 0 Å². The van der Waals surface area contributed by atoms with E-state index in [-0.39, 0.29) is 10.5 Å². The fraction of sp³-hybridized carbons (Fsp3) is 0.500. The van der Waals surface area contributed by atoms with Gasteiger partial charge in [0.25, 0.3) is 5.91 Å². The lowest BCUT2D eigenvalue weighted by molar-refractivity contribution is 0.0524. The third kappa shape index (κ3) is 4.21. The summed E-state index contributed by atoms with van der Waals surface area (Å²) in [6.45, 7) is 3.07. The SMILES string of the molecule is O=C(NC(=O)N1CCOCC1)c1ccc(S(=O)(=O)N2CCOCC2)cc1. The zero-order valence-corrected chi connectivity index (χ0v) is 15.0. The van der Waals surface area contributed by atoms with Crippen LogP contribution >= 0.6 is 0 Å². The number of urea groups is 1. The van der Waals surface area contributed by atoms with Gasteiger partial charge in [0.05, 0.1) is 31.3 Å². The molecule has 3 rings (SSSR count). The van der Waals surface area contributed by atoms with Crippen molar-refractivity contribution in [1.82, 2.24) is 14.5 Å². The van der Waals surface area contributed by atoms with Gasteiger partial charge in [0.15, 0.2) is 0 Å². The maximum absolute atomic E-state index is 12.5. The van der Waals surface area contributed by atoms with Crippen LogP contribution in [0.4, 0.5) is 4.79 Å². The largest absolute Gasteiger partial charge is 0.379 e. The van der Waals surface area contributed by atoms with E-state index in [0.717, 1.165) is 0 Å². The summed E-state index contributed by atoms with van der Waals surface area (Å²) in [5.74, 6) is -0.572. The molecule has 0 bridgehead atoms. The van der Waals surface area contributed by atoms with Crippen molar-refractivity contribution in [2.45, 2.75) is 4.90 Å². The Kier molecular flexibility index (Phi) is 5.87. The summed E-state index contributed by atoms with van der Waals surface area (Å²) in [5, 5.41) is 2.30. The second kappa shape index (κ2) is 8.12. The quantitative estimate of drug-likeness (QED) is 0.781. The van der Waals surface area contributed by atoms with E-state index in [4.69, 9.17) is 9.47 Å². The summed E-state index contributed by atoms with van der Waals surface area (Å²) in [6.07, 6.45) is 0. The minimum Gasteiger partial charge on any atom is -0.379 e. The van der Waals surface area contributed by atoms with Crippen molar-refractivity contribution in [3.8, 4) is 0 Å². The monoisotopic (exact) mass is 383 g/mol. The van der Waals surface area contributed by atoms with E-state index in [2.05, 4.69) is 5.32 Å². The Morgan fingerprint density at radius 1 is 0.885 bits per heavy atom. The van der Waals surface area contributed by atoms with E-state index in [1.807, 2.05) is 0 Å². The van der Waals surface area contributed by atoms with Crippen molar-refractivity contribution in [2.75, 3.05) is 52.6 Å². The molecule has 1 aromatic carbocycles. The van der Waals surface area contributed by atoms with E-state index in [1.165, 1.54) is 33.5 Å². The number of nitrogens with one attached hydrogen (secondary N) is 1. The molecule has 9 nitrogen and oxygen atoms in total. The predicted octanol–water partition coefficient (Wildman–Crippen LogP) is -0.110. The first-order valence-electron chi connectivity index (χ1n) is 8.34. The van der Waals surface area contributed by atoms with E-state index in [0.29, 0.717) is 52.6 Å². The molecule has 142 valence electrons. The molecule has 1 N–H and O–H groups in total. The number of carbonyl (C=O) groups excluding carboxylic acids is 2. The highest BCUT2D eigenvalue weighted by molar-refractivity contribution is 7.89. The Morgan fingerprint density at radius 3 is 2.00 bits per heavy atom. The summed E-state index contributed by atoms with van der Waals surface area (Å²) in [4.78, 5) is 25.8. The van der Waals surface area contributed by atoms with E-state index in [1.54, 1.807) is 0 Å². The van der Waals surface area contributed by atoms with E-state index < -0.39 is 22.0 Å². The number of hydrogen-bond donors (Lipinski definition) is 1. The molecular weight excluding hydrogens is 362 g/mol. The zero-order chi connectivity index (χ0) is 18.6. The average molecular weight is 383 g/mol. The highest BCUT2D eigenvalue weighted by Gasteiger charge is 2.26. The summed E-state index contributed by atoms with van der Waals surface area (Å²) >= 11 is 0. The van der Waals surface area contributed by atoms with Crippen LogP contribution in [-0.4, -0.2) is 82.2 Å². The molecule has 2 fully saturated rings. The molecule has 0 aromatic heterocycles. The molecule has 0 unspecified atom stereocenters. The van der Waals surface area contributed by atoms with Crippen molar-refractivity contribution in [3.63, 3.8) is 0 Å². The molecule has 2 aliphatic rings. The molecular formula is C16H21N3O6S. The number of imide groups is 1. The van der Waals surface area contributed by atoms with Crippen LogP contribution in [0.15, 0.2) is 29.2 Å². The Balaban J connectivity index is 1.64. The predicted molar refractivity (Wildman–Crippen MR) is 91.3 cm³/mol. The van der Waals surface area contributed by atoms with Crippen molar-refractivity contribution >= 4 is 22.0 Å². The van der Waals surface area contributed by atoms with Crippen LogP contribution in [0, 0.1) is 0 Å². The fourth-order valence-electron chi connectivity index (χ4n) is 2.73. The number of benzene rings is 1. The molecule has 0 spiro atoms. The molecule has 0 radical (unpaired) electrons. The second-order valence-electron chi connectivity index (χ2n) is 5.90. The van der Waals surface area contributed by atoms with Gasteiger partial charge in [-0.2, -0.15) is 4.31 Å². The molecule has 10 heteroatoms. The van der Waals surface area contributed by atoms with Gasteiger partial charge in [0.2, 0.25) is 10.0 Å². The second-order valence-corrected chi connectivity index (χ2v) is 7.84. The van der Waals surface area contributed by atoms with Crippen molar-refractivity contribution < 1.29 is 27.5 Å². The Hall–Kier alpha value is -2.01. The summed E-state index contributed by atoms with van der Waals surface area (Å²) in [7, 11) is -3.61. The van der Waals surface area contributed by atoms with Crippen LogP contribution in [0.2, 0.25) is 0 Å². The van der Waals surface area contributed by atoms with Crippen LogP contribution in [0.25, 0.3) is 0 Å². The molecule has 0 aliphatic carbocycles. The van der Waals surface area contributed by atoms with Gasteiger partial charge in [-0.3, -0.25) is 10.1 Å². The zero-order valence-electron chi connectivity index (χ0n) is 14.2. The average Bonchev–Trinajstić information content (AvgIpc) is 2.69. The molecule has 1 aromatic rings. The molecule has 2 heterocycles. The van der Waals surface area contributed by atoms with Crippen molar-refractivity contribution in [2.24, 2.45) is 0 Å². The lowest BCUT2D eigenvalue weighted by atomic mass is 10.2. The van der Waals surface area contributed by atoms with Crippen molar-refractivity contribution in [1.29, 1.82) is 0 Å². The number of morpholine rings is 2. The maximum atomic E-state index is 12.5. The van der Waals surface area contributed by atoms with Gasteiger partial charge < -0.3 is 14.4 Å². The van der Waals surface area contributed by atoms with Gasteiger partial charge in [-0.1, -0.05) is 0 Å². The summed E-state index contributed by atoms with van der Waals surface area (Å²) in [5.41, 5.74) is 0.215. The number of nitrogens with zero attached hydrogens (tertiary/aromatic N) is 2. The smallest absolute Gasteiger partial charge is 0.324 e. The molecule has 2 saturated heterocycles. The van der Waals surface area contributed by atoms with Crippen LogP contribution < -0.4 is 5.32 Å². The van der Waals surface area contributed by atoms with Gasteiger partial charge in [-0.05, 0) is 24.3 Å².